The highest BCUT2D eigenvalue weighted by atomic mass is 35.5. The Morgan fingerprint density at radius 2 is 2.12 bits per heavy atom. The summed E-state index contributed by atoms with van der Waals surface area (Å²) >= 11 is 6.10. The quantitative estimate of drug-likeness (QED) is 0.786. The molecule has 0 bridgehead atoms. The molecule has 1 fully saturated rings. The molecule has 6 heteroatoms. The molecular weight excluding hydrogens is 326 g/mol. The van der Waals surface area contributed by atoms with E-state index in [2.05, 4.69) is 23.9 Å². The molecule has 1 aliphatic heterocycles. The maximum atomic E-state index is 12.6. The SMILES string of the molecule is CCOc1ccc(Cl)cc1CN(C)C(=O)C[C@@H]1CN(C)CCN1C. The number of hydrogen-bond acceptors (Lipinski definition) is 4. The summed E-state index contributed by atoms with van der Waals surface area (Å²) in [5.74, 6) is 0.931. The number of likely N-dealkylation sites (N-methyl/N-ethyl adjacent to an activating group) is 2. The summed E-state index contributed by atoms with van der Waals surface area (Å²) in [5, 5.41) is 0.656. The summed E-state index contributed by atoms with van der Waals surface area (Å²) < 4.78 is 5.64. The van der Waals surface area contributed by atoms with Crippen molar-refractivity contribution in [3.05, 3.63) is 28.8 Å². The molecule has 1 amide bonds. The number of ether oxygens (including phenoxy) is 1. The third-order valence-corrected chi connectivity index (χ3v) is 4.78. The van der Waals surface area contributed by atoms with Crippen molar-refractivity contribution >= 4 is 17.5 Å². The molecule has 0 N–H and O–H groups in total. The van der Waals surface area contributed by atoms with Gasteiger partial charge >= 0.3 is 0 Å². The number of carbonyl (C=O) groups excluding carboxylic acids is 1. The average Bonchev–Trinajstić information content (AvgIpc) is 2.53. The summed E-state index contributed by atoms with van der Waals surface area (Å²) in [6.45, 7) is 6.02. The molecule has 0 spiro atoms. The molecule has 2 rings (SSSR count). The minimum Gasteiger partial charge on any atom is -0.494 e. The largest absolute Gasteiger partial charge is 0.494 e. The van der Waals surface area contributed by atoms with Crippen LogP contribution in [-0.4, -0.2) is 74.0 Å². The molecule has 0 unspecified atom stereocenters. The maximum absolute atomic E-state index is 12.6. The topological polar surface area (TPSA) is 36.0 Å². The summed E-state index contributed by atoms with van der Waals surface area (Å²) in [4.78, 5) is 18.9. The molecule has 1 saturated heterocycles. The zero-order valence-electron chi connectivity index (χ0n) is 15.1. The maximum Gasteiger partial charge on any atom is 0.224 e. The van der Waals surface area contributed by atoms with E-state index in [4.69, 9.17) is 16.3 Å². The first-order valence-electron chi connectivity index (χ1n) is 8.44. The van der Waals surface area contributed by atoms with Crippen LogP contribution < -0.4 is 4.74 Å². The first-order valence-corrected chi connectivity index (χ1v) is 8.82. The predicted octanol–water partition coefficient (Wildman–Crippen LogP) is 2.33. The van der Waals surface area contributed by atoms with Crippen LogP contribution in [0.2, 0.25) is 5.02 Å². The minimum absolute atomic E-state index is 0.143. The van der Waals surface area contributed by atoms with E-state index in [1.807, 2.05) is 32.2 Å². The van der Waals surface area contributed by atoms with E-state index in [-0.39, 0.29) is 11.9 Å². The molecule has 0 aromatic heterocycles. The van der Waals surface area contributed by atoms with Gasteiger partial charge in [-0.3, -0.25) is 4.79 Å². The van der Waals surface area contributed by atoms with Crippen LogP contribution in [0.5, 0.6) is 5.75 Å². The number of hydrogen-bond donors (Lipinski definition) is 0. The van der Waals surface area contributed by atoms with E-state index in [1.54, 1.807) is 4.90 Å². The summed E-state index contributed by atoms with van der Waals surface area (Å²) in [6, 6.07) is 5.81. The van der Waals surface area contributed by atoms with Crippen molar-refractivity contribution < 1.29 is 9.53 Å². The van der Waals surface area contributed by atoms with Crippen molar-refractivity contribution in [3.63, 3.8) is 0 Å². The third-order valence-electron chi connectivity index (χ3n) is 4.55. The Morgan fingerprint density at radius 3 is 2.83 bits per heavy atom. The van der Waals surface area contributed by atoms with E-state index in [9.17, 15) is 4.79 Å². The van der Waals surface area contributed by atoms with Gasteiger partial charge in [-0.2, -0.15) is 0 Å². The number of piperazine rings is 1. The molecule has 0 saturated carbocycles. The van der Waals surface area contributed by atoms with Crippen molar-refractivity contribution in [2.24, 2.45) is 0 Å². The Labute approximate surface area is 150 Å². The van der Waals surface area contributed by atoms with Gasteiger partial charge in [0.15, 0.2) is 0 Å². The highest BCUT2D eigenvalue weighted by molar-refractivity contribution is 6.30. The monoisotopic (exact) mass is 353 g/mol. The molecule has 0 aliphatic carbocycles. The van der Waals surface area contributed by atoms with Gasteiger partial charge < -0.3 is 19.4 Å². The number of amides is 1. The second-order valence-electron chi connectivity index (χ2n) is 6.54. The van der Waals surface area contributed by atoms with Gasteiger partial charge in [0.25, 0.3) is 0 Å². The smallest absolute Gasteiger partial charge is 0.224 e. The standard InChI is InChI=1S/C18H28ClN3O2/c1-5-24-17-7-6-15(19)10-14(17)12-22(4)18(23)11-16-13-20(2)8-9-21(16)3/h6-7,10,16H,5,8-9,11-13H2,1-4H3/t16-/m1/s1. The van der Waals surface area contributed by atoms with Gasteiger partial charge in [0, 0.05) is 56.3 Å². The molecule has 1 aliphatic rings. The fourth-order valence-corrected chi connectivity index (χ4v) is 3.19. The molecular formula is C18H28ClN3O2. The normalized spacial score (nSPS) is 19.3. The Kier molecular flexibility index (Phi) is 6.90. The van der Waals surface area contributed by atoms with E-state index < -0.39 is 0 Å². The Balaban J connectivity index is 2.00. The molecule has 1 aromatic rings. The van der Waals surface area contributed by atoms with Crippen LogP contribution in [0.1, 0.15) is 18.9 Å². The Bertz CT molecular complexity index is 567. The molecule has 24 heavy (non-hydrogen) atoms. The van der Waals surface area contributed by atoms with E-state index >= 15 is 0 Å². The van der Waals surface area contributed by atoms with Gasteiger partial charge in [-0.15, -0.1) is 0 Å². The second-order valence-corrected chi connectivity index (χ2v) is 6.97. The molecule has 1 aromatic carbocycles. The average molecular weight is 354 g/mol. The lowest BCUT2D eigenvalue weighted by molar-refractivity contribution is -0.132. The van der Waals surface area contributed by atoms with Crippen LogP contribution in [-0.2, 0) is 11.3 Å². The van der Waals surface area contributed by atoms with Gasteiger partial charge in [0.2, 0.25) is 5.91 Å². The van der Waals surface area contributed by atoms with Gasteiger partial charge in [-0.05, 0) is 39.2 Å². The number of nitrogens with zero attached hydrogens (tertiary/aromatic N) is 3. The van der Waals surface area contributed by atoms with Gasteiger partial charge in [-0.1, -0.05) is 11.6 Å². The van der Waals surface area contributed by atoms with Gasteiger partial charge in [0.1, 0.15) is 5.75 Å². The highest BCUT2D eigenvalue weighted by Crippen LogP contribution is 2.24. The first-order chi connectivity index (χ1) is 11.4. The van der Waals surface area contributed by atoms with Crippen molar-refractivity contribution in [2.45, 2.75) is 25.9 Å². The van der Waals surface area contributed by atoms with E-state index in [1.165, 1.54) is 0 Å². The lowest BCUT2D eigenvalue weighted by Gasteiger charge is -2.38. The number of carbonyl (C=O) groups is 1. The van der Waals surface area contributed by atoms with Crippen LogP contribution in [0.4, 0.5) is 0 Å². The van der Waals surface area contributed by atoms with Crippen molar-refractivity contribution in [1.82, 2.24) is 14.7 Å². The number of rotatable bonds is 6. The summed E-state index contributed by atoms with van der Waals surface area (Å²) in [7, 11) is 6.04. The zero-order chi connectivity index (χ0) is 17.7. The number of benzene rings is 1. The lowest BCUT2D eigenvalue weighted by Crippen LogP contribution is -2.51. The van der Waals surface area contributed by atoms with Crippen molar-refractivity contribution in [1.29, 1.82) is 0 Å². The fraction of sp³-hybridized carbons (Fsp3) is 0.611. The minimum atomic E-state index is 0.143. The van der Waals surface area contributed by atoms with E-state index in [0.29, 0.717) is 24.6 Å². The molecule has 1 atom stereocenters. The fourth-order valence-electron chi connectivity index (χ4n) is 2.99. The molecule has 0 radical (unpaired) electrons. The Morgan fingerprint density at radius 1 is 1.38 bits per heavy atom. The summed E-state index contributed by atoms with van der Waals surface area (Å²) in [5.41, 5.74) is 0.939. The molecule has 5 nitrogen and oxygen atoms in total. The van der Waals surface area contributed by atoms with Crippen LogP contribution in [0.25, 0.3) is 0 Å². The van der Waals surface area contributed by atoms with Crippen LogP contribution in [0.15, 0.2) is 18.2 Å². The van der Waals surface area contributed by atoms with Gasteiger partial charge in [0.05, 0.1) is 6.61 Å². The lowest BCUT2D eigenvalue weighted by atomic mass is 10.1. The highest BCUT2D eigenvalue weighted by Gasteiger charge is 2.26. The second kappa shape index (κ2) is 8.70. The molecule has 1 heterocycles. The van der Waals surface area contributed by atoms with Crippen LogP contribution in [0, 0.1) is 0 Å². The van der Waals surface area contributed by atoms with Gasteiger partial charge in [-0.25, -0.2) is 0 Å². The predicted molar refractivity (Wildman–Crippen MR) is 97.6 cm³/mol. The van der Waals surface area contributed by atoms with E-state index in [0.717, 1.165) is 30.9 Å². The number of halogens is 1. The zero-order valence-corrected chi connectivity index (χ0v) is 15.8. The van der Waals surface area contributed by atoms with Crippen LogP contribution >= 0.6 is 11.6 Å². The van der Waals surface area contributed by atoms with Crippen molar-refractivity contribution in [2.75, 3.05) is 47.4 Å². The Hall–Kier alpha value is -1.30. The van der Waals surface area contributed by atoms with Crippen LogP contribution in [0.3, 0.4) is 0 Å². The van der Waals surface area contributed by atoms with Crippen molar-refractivity contribution in [3.8, 4) is 5.75 Å². The summed E-state index contributed by atoms with van der Waals surface area (Å²) in [6.07, 6.45) is 0.530. The first kappa shape index (κ1) is 19.0. The molecule has 134 valence electrons. The third kappa shape index (κ3) is 5.10.